The molecule has 0 saturated heterocycles. The molecule has 0 saturated carbocycles. The summed E-state index contributed by atoms with van der Waals surface area (Å²) < 4.78 is 0. The Kier molecular flexibility index (Phi) is 3.06. The van der Waals surface area contributed by atoms with Crippen molar-refractivity contribution in [1.29, 1.82) is 0 Å². The number of hydrogen-bond donors (Lipinski definition) is 1. The lowest BCUT2D eigenvalue weighted by molar-refractivity contribution is 0.0347. The van der Waals surface area contributed by atoms with Gasteiger partial charge in [-0.05, 0) is 19.3 Å². The van der Waals surface area contributed by atoms with Crippen molar-refractivity contribution in [2.45, 2.75) is 38.7 Å². The summed E-state index contributed by atoms with van der Waals surface area (Å²) in [5.74, 6) is 0. The van der Waals surface area contributed by atoms with Crippen molar-refractivity contribution >= 4 is 0 Å². The van der Waals surface area contributed by atoms with E-state index in [2.05, 4.69) is 6.92 Å². The summed E-state index contributed by atoms with van der Waals surface area (Å²) >= 11 is 0. The summed E-state index contributed by atoms with van der Waals surface area (Å²) in [7, 11) is 0. The van der Waals surface area contributed by atoms with Crippen LogP contribution in [-0.4, -0.2) is 10.7 Å². The topological polar surface area (TPSA) is 20.2 Å². The number of rotatable bonds is 3. The van der Waals surface area contributed by atoms with Crippen molar-refractivity contribution in [3.8, 4) is 0 Å². The van der Waals surface area contributed by atoms with E-state index < -0.39 is 5.60 Å². The predicted octanol–water partition coefficient (Wildman–Crippen LogP) is 1.76. The standard InChI is InChI=1S/C7H15O/c1-4-7(8,5-2)6-3/h8H,1,4-6H2,2-3H3. The van der Waals surface area contributed by atoms with Crippen molar-refractivity contribution in [1.82, 2.24) is 0 Å². The van der Waals surface area contributed by atoms with Gasteiger partial charge in [-0.15, -0.1) is 0 Å². The second-order valence-corrected chi connectivity index (χ2v) is 2.18. The van der Waals surface area contributed by atoms with Gasteiger partial charge in [-0.3, -0.25) is 0 Å². The van der Waals surface area contributed by atoms with Crippen LogP contribution in [0, 0.1) is 6.92 Å². The van der Waals surface area contributed by atoms with Gasteiger partial charge in [-0.1, -0.05) is 20.8 Å². The molecule has 0 rings (SSSR count). The maximum absolute atomic E-state index is 9.38. The molecule has 0 spiro atoms. The highest BCUT2D eigenvalue weighted by Crippen LogP contribution is 2.17. The fourth-order valence-corrected chi connectivity index (χ4v) is 0.604. The van der Waals surface area contributed by atoms with Gasteiger partial charge in [0, 0.05) is 0 Å². The molecule has 0 aromatic heterocycles. The highest BCUT2D eigenvalue weighted by atomic mass is 16.3. The zero-order valence-electron chi connectivity index (χ0n) is 5.78. The SMILES string of the molecule is [CH2]CC(O)(CC)CC. The van der Waals surface area contributed by atoms with Gasteiger partial charge >= 0.3 is 0 Å². The van der Waals surface area contributed by atoms with Crippen molar-refractivity contribution in [3.05, 3.63) is 6.92 Å². The maximum atomic E-state index is 9.38. The fourth-order valence-electron chi connectivity index (χ4n) is 0.604. The summed E-state index contributed by atoms with van der Waals surface area (Å²) in [6, 6.07) is 0. The highest BCUT2D eigenvalue weighted by molar-refractivity contribution is 4.74. The van der Waals surface area contributed by atoms with Crippen molar-refractivity contribution in [2.75, 3.05) is 0 Å². The Morgan fingerprint density at radius 3 is 1.75 bits per heavy atom. The molecule has 0 aliphatic heterocycles. The molecule has 0 atom stereocenters. The summed E-state index contributed by atoms with van der Waals surface area (Å²) in [5, 5.41) is 9.38. The first-order chi connectivity index (χ1) is 3.68. The lowest BCUT2D eigenvalue weighted by atomic mass is 9.95. The Hall–Kier alpha value is -0.0400. The van der Waals surface area contributed by atoms with Crippen LogP contribution in [0.5, 0.6) is 0 Å². The molecular weight excluding hydrogens is 100 g/mol. The first-order valence-corrected chi connectivity index (χ1v) is 3.20. The van der Waals surface area contributed by atoms with Gasteiger partial charge in [0.15, 0.2) is 0 Å². The average Bonchev–Trinajstić information content (AvgIpc) is 1.87. The first-order valence-electron chi connectivity index (χ1n) is 3.20. The largest absolute Gasteiger partial charge is 0.390 e. The Bertz CT molecular complexity index is 47.1. The average molecular weight is 115 g/mol. The van der Waals surface area contributed by atoms with E-state index >= 15 is 0 Å². The maximum Gasteiger partial charge on any atom is 0.0642 e. The lowest BCUT2D eigenvalue weighted by Gasteiger charge is -2.22. The van der Waals surface area contributed by atoms with Crippen molar-refractivity contribution < 1.29 is 5.11 Å². The van der Waals surface area contributed by atoms with Gasteiger partial charge in [0.1, 0.15) is 0 Å². The third-order valence-electron chi connectivity index (χ3n) is 1.78. The quantitative estimate of drug-likeness (QED) is 0.594. The van der Waals surface area contributed by atoms with Crippen LogP contribution in [0.2, 0.25) is 0 Å². The van der Waals surface area contributed by atoms with E-state index in [1.165, 1.54) is 0 Å². The Morgan fingerprint density at radius 2 is 1.75 bits per heavy atom. The van der Waals surface area contributed by atoms with E-state index in [0.29, 0.717) is 6.42 Å². The molecular formula is C7H15O. The summed E-state index contributed by atoms with van der Waals surface area (Å²) in [4.78, 5) is 0. The molecule has 1 nitrogen and oxygen atoms in total. The zero-order valence-corrected chi connectivity index (χ0v) is 5.78. The molecule has 0 aliphatic carbocycles. The molecule has 0 aliphatic rings. The Labute approximate surface area is 51.7 Å². The summed E-state index contributed by atoms with van der Waals surface area (Å²) in [5.41, 5.74) is -0.486. The molecule has 49 valence electrons. The van der Waals surface area contributed by atoms with Crippen LogP contribution >= 0.6 is 0 Å². The van der Waals surface area contributed by atoms with Crippen LogP contribution < -0.4 is 0 Å². The molecule has 0 unspecified atom stereocenters. The van der Waals surface area contributed by atoms with Gasteiger partial charge in [0.05, 0.1) is 5.60 Å². The monoisotopic (exact) mass is 115 g/mol. The minimum absolute atomic E-state index is 0.486. The molecule has 8 heavy (non-hydrogen) atoms. The fraction of sp³-hybridized carbons (Fsp3) is 0.857. The smallest absolute Gasteiger partial charge is 0.0642 e. The molecule has 0 amide bonds. The van der Waals surface area contributed by atoms with Crippen LogP contribution in [0.3, 0.4) is 0 Å². The number of hydrogen-bond acceptors (Lipinski definition) is 1. The second kappa shape index (κ2) is 3.08. The van der Waals surface area contributed by atoms with Crippen LogP contribution in [-0.2, 0) is 0 Å². The molecule has 1 radical (unpaired) electrons. The van der Waals surface area contributed by atoms with E-state index in [1.54, 1.807) is 0 Å². The Morgan fingerprint density at radius 1 is 1.38 bits per heavy atom. The first kappa shape index (κ1) is 7.96. The third kappa shape index (κ3) is 1.83. The molecule has 0 aromatic carbocycles. The van der Waals surface area contributed by atoms with E-state index in [4.69, 9.17) is 0 Å². The summed E-state index contributed by atoms with van der Waals surface area (Å²) in [6.45, 7) is 7.61. The van der Waals surface area contributed by atoms with Gasteiger partial charge in [0.2, 0.25) is 0 Å². The summed E-state index contributed by atoms with van der Waals surface area (Å²) in [6.07, 6.45) is 2.25. The second-order valence-electron chi connectivity index (χ2n) is 2.18. The van der Waals surface area contributed by atoms with Crippen LogP contribution in [0.15, 0.2) is 0 Å². The molecule has 0 aromatic rings. The molecule has 0 fully saturated rings. The predicted molar refractivity (Wildman–Crippen MR) is 35.5 cm³/mol. The minimum Gasteiger partial charge on any atom is -0.390 e. The lowest BCUT2D eigenvalue weighted by Crippen LogP contribution is -2.24. The van der Waals surface area contributed by atoms with E-state index in [-0.39, 0.29) is 0 Å². The van der Waals surface area contributed by atoms with Gasteiger partial charge in [-0.25, -0.2) is 0 Å². The van der Waals surface area contributed by atoms with Gasteiger partial charge < -0.3 is 5.11 Å². The van der Waals surface area contributed by atoms with Gasteiger partial charge in [-0.2, -0.15) is 0 Å². The zero-order chi connectivity index (χ0) is 6.62. The van der Waals surface area contributed by atoms with Crippen molar-refractivity contribution in [2.24, 2.45) is 0 Å². The van der Waals surface area contributed by atoms with E-state index in [9.17, 15) is 5.11 Å². The molecule has 0 bridgehead atoms. The van der Waals surface area contributed by atoms with E-state index in [1.807, 2.05) is 13.8 Å². The highest BCUT2D eigenvalue weighted by Gasteiger charge is 2.17. The molecule has 1 heteroatoms. The normalized spacial score (nSPS) is 12.0. The van der Waals surface area contributed by atoms with Crippen LogP contribution in [0.25, 0.3) is 0 Å². The van der Waals surface area contributed by atoms with Crippen LogP contribution in [0.4, 0.5) is 0 Å². The minimum atomic E-state index is -0.486. The number of aliphatic hydroxyl groups is 1. The van der Waals surface area contributed by atoms with Crippen LogP contribution in [0.1, 0.15) is 33.1 Å². The molecule has 0 heterocycles. The van der Waals surface area contributed by atoms with Gasteiger partial charge in [0.25, 0.3) is 0 Å². The van der Waals surface area contributed by atoms with E-state index in [0.717, 1.165) is 12.8 Å². The third-order valence-corrected chi connectivity index (χ3v) is 1.78. The van der Waals surface area contributed by atoms with Crippen molar-refractivity contribution in [3.63, 3.8) is 0 Å². The Balaban J connectivity index is 3.58. The molecule has 1 N–H and O–H groups in total.